The molecule has 0 atom stereocenters. The van der Waals surface area contributed by atoms with Gasteiger partial charge in [0.2, 0.25) is 0 Å². The number of halogens is 1. The molecule has 82 valence electrons. The van der Waals surface area contributed by atoms with Gasteiger partial charge in [0.15, 0.2) is 0 Å². The van der Waals surface area contributed by atoms with Crippen molar-refractivity contribution in [2.45, 2.75) is 0 Å². The number of nitrogens with one attached hydrogen (secondary N) is 1. The van der Waals surface area contributed by atoms with E-state index in [1.54, 1.807) is 12.1 Å². The Kier molecular flexibility index (Phi) is 3.26. The lowest BCUT2D eigenvalue weighted by Gasteiger charge is -2.04. The zero-order valence-electron chi connectivity index (χ0n) is 8.11. The van der Waals surface area contributed by atoms with Crippen molar-refractivity contribution in [3.05, 3.63) is 45.1 Å². The molecule has 1 aromatic heterocycles. The maximum absolute atomic E-state index is 11.7. The lowest BCUT2D eigenvalue weighted by Crippen LogP contribution is -2.10. The first-order valence-electron chi connectivity index (χ1n) is 4.49. The highest BCUT2D eigenvalue weighted by atomic mass is 79.9. The van der Waals surface area contributed by atoms with Gasteiger partial charge in [0.25, 0.3) is 5.91 Å². The van der Waals surface area contributed by atoms with E-state index in [2.05, 4.69) is 21.2 Å². The number of benzene rings is 1. The van der Waals surface area contributed by atoms with Crippen LogP contribution in [0.5, 0.6) is 5.75 Å². The molecule has 1 heterocycles. The molecule has 0 aliphatic rings. The third kappa shape index (κ3) is 2.43. The van der Waals surface area contributed by atoms with Crippen molar-refractivity contribution in [3.63, 3.8) is 0 Å². The van der Waals surface area contributed by atoms with Gasteiger partial charge in [-0.15, -0.1) is 0 Å². The van der Waals surface area contributed by atoms with Crippen LogP contribution < -0.4 is 5.32 Å². The van der Waals surface area contributed by atoms with Crippen LogP contribution in [0.15, 0.2) is 39.5 Å². The van der Waals surface area contributed by atoms with Gasteiger partial charge in [0, 0.05) is 10.9 Å². The Labute approximate surface area is 105 Å². The number of phenolic OH excluding ortho intramolecular Hbond substituents is 1. The lowest BCUT2D eigenvalue weighted by molar-refractivity contribution is 0.102. The van der Waals surface area contributed by atoms with E-state index in [0.29, 0.717) is 10.0 Å². The first-order valence-corrected chi connectivity index (χ1v) is 6.22. The lowest BCUT2D eigenvalue weighted by atomic mass is 10.2. The summed E-state index contributed by atoms with van der Waals surface area (Å²) in [4.78, 5) is 11.7. The van der Waals surface area contributed by atoms with Crippen molar-refractivity contribution in [1.82, 2.24) is 0 Å². The fourth-order valence-corrected chi connectivity index (χ4v) is 2.03. The van der Waals surface area contributed by atoms with Gasteiger partial charge in [0.05, 0.1) is 10.2 Å². The van der Waals surface area contributed by atoms with Gasteiger partial charge in [-0.2, -0.15) is 11.3 Å². The quantitative estimate of drug-likeness (QED) is 0.892. The standard InChI is InChI=1S/C11H8BrNO2S/c12-9-2-1-7(5-10(9)14)11(15)13-8-3-4-16-6-8/h1-6,14H,(H,13,15). The smallest absolute Gasteiger partial charge is 0.255 e. The molecule has 16 heavy (non-hydrogen) atoms. The molecule has 0 aliphatic carbocycles. The molecule has 0 fully saturated rings. The van der Waals surface area contributed by atoms with Gasteiger partial charge in [0.1, 0.15) is 5.75 Å². The molecule has 0 bridgehead atoms. The molecule has 5 heteroatoms. The van der Waals surface area contributed by atoms with Gasteiger partial charge in [-0.3, -0.25) is 4.79 Å². The number of rotatable bonds is 2. The van der Waals surface area contributed by atoms with Crippen molar-refractivity contribution < 1.29 is 9.90 Å². The van der Waals surface area contributed by atoms with E-state index in [0.717, 1.165) is 5.69 Å². The van der Waals surface area contributed by atoms with Gasteiger partial charge in [-0.05, 0) is 45.6 Å². The molecule has 0 spiro atoms. The van der Waals surface area contributed by atoms with Crippen LogP contribution >= 0.6 is 27.3 Å². The minimum absolute atomic E-state index is 0.0537. The minimum Gasteiger partial charge on any atom is -0.507 e. The molecule has 2 rings (SSSR count). The van der Waals surface area contributed by atoms with Gasteiger partial charge in [-0.1, -0.05) is 0 Å². The number of hydrogen-bond donors (Lipinski definition) is 2. The van der Waals surface area contributed by atoms with Crippen molar-refractivity contribution in [2.75, 3.05) is 5.32 Å². The molecule has 1 aromatic carbocycles. The zero-order chi connectivity index (χ0) is 11.5. The first-order chi connectivity index (χ1) is 7.66. The fraction of sp³-hybridized carbons (Fsp3) is 0. The Bertz CT molecular complexity index is 511. The van der Waals surface area contributed by atoms with Crippen molar-refractivity contribution in [2.24, 2.45) is 0 Å². The summed E-state index contributed by atoms with van der Waals surface area (Å²) in [6.45, 7) is 0. The Morgan fingerprint density at radius 1 is 1.38 bits per heavy atom. The third-order valence-electron chi connectivity index (χ3n) is 1.99. The molecule has 0 aliphatic heterocycles. The molecule has 0 unspecified atom stereocenters. The highest BCUT2D eigenvalue weighted by Gasteiger charge is 2.08. The number of anilines is 1. The molecule has 1 amide bonds. The summed E-state index contributed by atoms with van der Waals surface area (Å²) in [5.41, 5.74) is 1.18. The van der Waals surface area contributed by atoms with Crippen LogP contribution in [0.25, 0.3) is 0 Å². The highest BCUT2D eigenvalue weighted by Crippen LogP contribution is 2.24. The molecule has 0 saturated heterocycles. The average Bonchev–Trinajstić information content (AvgIpc) is 2.74. The van der Waals surface area contributed by atoms with Crippen molar-refractivity contribution >= 4 is 38.9 Å². The van der Waals surface area contributed by atoms with E-state index in [-0.39, 0.29) is 11.7 Å². The summed E-state index contributed by atoms with van der Waals surface area (Å²) in [5.74, 6) is -0.181. The highest BCUT2D eigenvalue weighted by molar-refractivity contribution is 9.10. The van der Waals surface area contributed by atoms with E-state index >= 15 is 0 Å². The Morgan fingerprint density at radius 3 is 2.81 bits per heavy atom. The molecule has 3 nitrogen and oxygen atoms in total. The van der Waals surface area contributed by atoms with Crippen molar-refractivity contribution in [3.8, 4) is 5.75 Å². The molecular formula is C11H8BrNO2S. The predicted octanol–water partition coefficient (Wildman–Crippen LogP) is 3.47. The van der Waals surface area contributed by atoms with Crippen LogP contribution in [-0.4, -0.2) is 11.0 Å². The van der Waals surface area contributed by atoms with Gasteiger partial charge >= 0.3 is 0 Å². The Morgan fingerprint density at radius 2 is 2.19 bits per heavy atom. The SMILES string of the molecule is O=C(Nc1ccsc1)c1ccc(Br)c(O)c1. The maximum atomic E-state index is 11.7. The summed E-state index contributed by atoms with van der Waals surface area (Å²) < 4.78 is 0.569. The molecule has 2 aromatic rings. The number of carbonyl (C=O) groups excluding carboxylic acids is 1. The summed E-state index contributed by atoms with van der Waals surface area (Å²) in [7, 11) is 0. The summed E-state index contributed by atoms with van der Waals surface area (Å²) in [6, 6.07) is 6.52. The maximum Gasteiger partial charge on any atom is 0.255 e. The van der Waals surface area contributed by atoms with Crippen LogP contribution in [0.1, 0.15) is 10.4 Å². The normalized spacial score (nSPS) is 10.1. The van der Waals surface area contributed by atoms with E-state index in [4.69, 9.17) is 0 Å². The molecule has 0 radical (unpaired) electrons. The van der Waals surface area contributed by atoms with Crippen LogP contribution in [-0.2, 0) is 0 Å². The van der Waals surface area contributed by atoms with E-state index in [1.165, 1.54) is 17.4 Å². The number of thiophene rings is 1. The number of phenols is 1. The van der Waals surface area contributed by atoms with E-state index in [9.17, 15) is 9.90 Å². The van der Waals surface area contributed by atoms with Gasteiger partial charge in [-0.25, -0.2) is 0 Å². The number of aromatic hydroxyl groups is 1. The Hall–Kier alpha value is -1.33. The second-order valence-electron chi connectivity index (χ2n) is 3.13. The van der Waals surface area contributed by atoms with Gasteiger partial charge < -0.3 is 10.4 Å². The third-order valence-corrected chi connectivity index (χ3v) is 3.34. The second-order valence-corrected chi connectivity index (χ2v) is 4.77. The number of hydrogen-bond acceptors (Lipinski definition) is 3. The van der Waals surface area contributed by atoms with Crippen LogP contribution in [0.3, 0.4) is 0 Å². The topological polar surface area (TPSA) is 49.3 Å². The predicted molar refractivity (Wildman–Crippen MR) is 68.1 cm³/mol. The summed E-state index contributed by atoms with van der Waals surface area (Å²) >= 11 is 4.67. The summed E-state index contributed by atoms with van der Waals surface area (Å²) in [5, 5.41) is 15.9. The Balaban J connectivity index is 2.18. The molecular weight excluding hydrogens is 290 g/mol. The molecule has 0 saturated carbocycles. The van der Waals surface area contributed by atoms with E-state index < -0.39 is 0 Å². The number of carbonyl (C=O) groups is 1. The molecule has 2 N–H and O–H groups in total. The summed E-state index contributed by atoms with van der Waals surface area (Å²) in [6.07, 6.45) is 0. The monoisotopic (exact) mass is 297 g/mol. The average molecular weight is 298 g/mol. The number of amides is 1. The largest absolute Gasteiger partial charge is 0.507 e. The minimum atomic E-state index is -0.235. The van der Waals surface area contributed by atoms with Crippen molar-refractivity contribution in [1.29, 1.82) is 0 Å². The van der Waals surface area contributed by atoms with E-state index in [1.807, 2.05) is 16.8 Å². The van der Waals surface area contributed by atoms with Crippen LogP contribution in [0.2, 0.25) is 0 Å². The fourth-order valence-electron chi connectivity index (χ4n) is 1.19. The zero-order valence-corrected chi connectivity index (χ0v) is 10.5. The van der Waals surface area contributed by atoms with Crippen LogP contribution in [0, 0.1) is 0 Å². The van der Waals surface area contributed by atoms with Crippen LogP contribution in [0.4, 0.5) is 5.69 Å². The second kappa shape index (κ2) is 4.67. The first kappa shape index (κ1) is 11.2.